The van der Waals surface area contributed by atoms with Crippen LogP contribution in [0.4, 0.5) is 13.6 Å². The molecule has 0 spiro atoms. The normalized spacial score (nSPS) is 31.2. The van der Waals surface area contributed by atoms with Crippen molar-refractivity contribution in [2.75, 3.05) is 13.7 Å². The second kappa shape index (κ2) is 15.4. The Balaban J connectivity index is 1.49. The van der Waals surface area contributed by atoms with Crippen molar-refractivity contribution < 1.29 is 51.0 Å². The van der Waals surface area contributed by atoms with Crippen LogP contribution in [0, 0.1) is 17.8 Å². The van der Waals surface area contributed by atoms with Crippen LogP contribution >= 0.6 is 11.6 Å². The number of carboxylic acid groups (broad SMARTS) is 1. The van der Waals surface area contributed by atoms with E-state index < -0.39 is 92.2 Å². The maximum Gasteiger partial charge on any atom is 0.408 e. The topological polar surface area (TPSA) is 185 Å². The van der Waals surface area contributed by atoms with Crippen LogP contribution in [-0.4, -0.2) is 106 Å². The predicted molar refractivity (Wildman–Crippen MR) is 211 cm³/mol. The zero-order chi connectivity index (χ0) is 42.7. The van der Waals surface area contributed by atoms with Crippen molar-refractivity contribution in [3.63, 3.8) is 0 Å². The number of hydrogen-bond donors (Lipinski definition) is 3. The molecule has 0 bridgehead atoms. The highest BCUT2D eigenvalue weighted by Gasteiger charge is 2.72. The first kappa shape index (κ1) is 43.3. The molecule has 18 heteroatoms. The predicted octanol–water partition coefficient (Wildman–Crippen LogP) is 5.91. The van der Waals surface area contributed by atoms with Crippen LogP contribution in [0.15, 0.2) is 36.5 Å². The van der Waals surface area contributed by atoms with Crippen LogP contribution in [-0.2, 0) is 24.4 Å². The molecular weight excluding hydrogens is 800 g/mol. The summed E-state index contributed by atoms with van der Waals surface area (Å²) in [4.78, 5) is 62.5. The van der Waals surface area contributed by atoms with Gasteiger partial charge in [-0.3, -0.25) is 24.0 Å². The highest BCUT2D eigenvalue weighted by molar-refractivity contribution is 7.91. The minimum absolute atomic E-state index is 0.0541. The molecule has 4 aliphatic rings. The third-order valence-corrected chi connectivity index (χ3v) is 14.9. The van der Waals surface area contributed by atoms with Gasteiger partial charge in [0.1, 0.15) is 17.3 Å². The fourth-order valence-electron chi connectivity index (χ4n) is 8.44. The maximum atomic E-state index is 17.6. The van der Waals surface area contributed by atoms with Crippen molar-refractivity contribution >= 4 is 56.2 Å². The zero-order valence-electron chi connectivity index (χ0n) is 33.7. The number of nitrogens with zero attached hydrogens (tertiary/aromatic N) is 3. The van der Waals surface area contributed by atoms with Gasteiger partial charge in [0.05, 0.1) is 23.4 Å². The van der Waals surface area contributed by atoms with Crippen molar-refractivity contribution in [3.8, 4) is 11.6 Å². The molecule has 318 valence electrons. The minimum Gasteiger partial charge on any atom is -0.495 e. The van der Waals surface area contributed by atoms with Gasteiger partial charge in [-0.25, -0.2) is 18.2 Å². The molecule has 1 saturated heterocycles. The summed E-state index contributed by atoms with van der Waals surface area (Å²) in [6.45, 7) is 8.51. The molecule has 3 fully saturated rings. The Bertz CT molecular complexity index is 2140. The fourth-order valence-corrected chi connectivity index (χ4v) is 9.99. The Morgan fingerprint density at radius 2 is 1.90 bits per heavy atom. The maximum absolute atomic E-state index is 17.6. The van der Waals surface area contributed by atoms with Crippen LogP contribution < -0.4 is 19.5 Å². The molecule has 1 aromatic heterocycles. The summed E-state index contributed by atoms with van der Waals surface area (Å²) >= 11 is 6.42. The number of aromatic nitrogens is 1. The standard InChI is InChI=1S/C40H52ClF2N5O9S/c1-8-24-17-23(4)11-9-10-12-26-20-39(26,35(51)46-58(54,55)37(5)14-15-37)45-32(49)31-40(42,43)38(6,21-47(31)34(50)30(24)48(22(2)3)36(52)53)57-33-27-19-28(41)29(56-7)18-25(27)13-16-44-33/h10,12-13,16,18-19,22-24,26,30-31H,8-9,11,14-15,17,20-21H2,1-7H3,(H,45,49)(H,46,51)(H,52,53)/b12-10-/t23-,24-,26-,30+,31+,38-,39-/m1/s1. The third kappa shape index (κ3) is 7.56. The Labute approximate surface area is 342 Å². The molecule has 2 aliphatic heterocycles. The molecule has 2 saturated carbocycles. The Morgan fingerprint density at radius 1 is 1.21 bits per heavy atom. The number of alkyl halides is 2. The largest absolute Gasteiger partial charge is 0.495 e. The lowest BCUT2D eigenvalue weighted by Crippen LogP contribution is -2.63. The van der Waals surface area contributed by atoms with E-state index in [1.165, 1.54) is 26.3 Å². The van der Waals surface area contributed by atoms with Crippen LogP contribution in [0.2, 0.25) is 5.02 Å². The molecule has 14 nitrogen and oxygen atoms in total. The van der Waals surface area contributed by atoms with Gasteiger partial charge >= 0.3 is 12.0 Å². The van der Waals surface area contributed by atoms with Crippen LogP contribution in [0.5, 0.6) is 11.6 Å². The van der Waals surface area contributed by atoms with Gasteiger partial charge in [0.15, 0.2) is 11.6 Å². The summed E-state index contributed by atoms with van der Waals surface area (Å²) in [6.07, 6.45) is 5.71. The minimum atomic E-state index is -4.22. The number of amides is 4. The molecule has 3 heterocycles. The summed E-state index contributed by atoms with van der Waals surface area (Å²) in [5.41, 5.74) is -4.61. The molecule has 58 heavy (non-hydrogen) atoms. The number of sulfonamides is 1. The first-order valence-electron chi connectivity index (χ1n) is 19.6. The van der Waals surface area contributed by atoms with Gasteiger partial charge in [0.2, 0.25) is 27.7 Å². The summed E-state index contributed by atoms with van der Waals surface area (Å²) in [5, 5.41) is 13.8. The number of methoxy groups -OCH3 is 1. The molecule has 1 aromatic carbocycles. The Kier molecular flexibility index (Phi) is 11.5. The highest BCUT2D eigenvalue weighted by Crippen LogP contribution is 2.50. The number of ether oxygens (including phenoxy) is 2. The smallest absolute Gasteiger partial charge is 0.408 e. The van der Waals surface area contributed by atoms with Crippen molar-refractivity contribution in [1.82, 2.24) is 24.8 Å². The number of halogens is 3. The summed E-state index contributed by atoms with van der Waals surface area (Å²) in [7, 11) is -2.79. The lowest BCUT2D eigenvalue weighted by atomic mass is 9.83. The first-order chi connectivity index (χ1) is 27.1. The number of allylic oxidation sites excluding steroid dienone is 1. The number of carbonyl (C=O) groups excluding carboxylic acids is 3. The second-order valence-corrected chi connectivity index (χ2v) is 19.7. The molecule has 0 radical (unpaired) electrons. The molecule has 7 atom stereocenters. The molecule has 6 rings (SSSR count). The number of nitrogens with one attached hydrogen (secondary N) is 2. The molecular formula is C40H52ClF2N5O9S. The fraction of sp³-hybridized carbons (Fsp3) is 0.625. The van der Waals surface area contributed by atoms with Gasteiger partial charge in [-0.2, -0.15) is 8.78 Å². The van der Waals surface area contributed by atoms with E-state index in [0.29, 0.717) is 54.6 Å². The number of hydrogen-bond acceptors (Lipinski definition) is 9. The number of rotatable bonds is 9. The van der Waals surface area contributed by atoms with E-state index in [9.17, 15) is 27.9 Å². The van der Waals surface area contributed by atoms with Crippen molar-refractivity contribution in [3.05, 3.63) is 41.6 Å². The summed E-state index contributed by atoms with van der Waals surface area (Å²) in [5.74, 6) is -9.20. The third-order valence-electron chi connectivity index (χ3n) is 12.5. The van der Waals surface area contributed by atoms with Crippen LogP contribution in [0.25, 0.3) is 10.8 Å². The average molecular weight is 852 g/mol. The quantitative estimate of drug-likeness (QED) is 0.256. The van der Waals surface area contributed by atoms with E-state index in [1.807, 2.05) is 6.92 Å². The summed E-state index contributed by atoms with van der Waals surface area (Å²) < 4.78 is 73.9. The van der Waals surface area contributed by atoms with E-state index in [2.05, 4.69) is 15.0 Å². The van der Waals surface area contributed by atoms with Gasteiger partial charge in [-0.05, 0) is 102 Å². The molecule has 4 amide bonds. The van der Waals surface area contributed by atoms with E-state index in [1.54, 1.807) is 45.1 Å². The monoisotopic (exact) mass is 851 g/mol. The zero-order valence-corrected chi connectivity index (χ0v) is 35.3. The number of carbonyl (C=O) groups is 4. The molecule has 3 N–H and O–H groups in total. The average Bonchev–Trinajstić information content (AvgIpc) is 4.05. The van der Waals surface area contributed by atoms with Crippen molar-refractivity contribution in [1.29, 1.82) is 0 Å². The lowest BCUT2D eigenvalue weighted by Gasteiger charge is -2.40. The van der Waals surface area contributed by atoms with Gasteiger partial charge in [-0.1, -0.05) is 44.0 Å². The van der Waals surface area contributed by atoms with Crippen molar-refractivity contribution in [2.45, 2.75) is 126 Å². The SMILES string of the molecule is CC[C@@H]1C[C@H](C)CC/C=C\[C@@H]2C[C@@]2(C(=O)NS(=O)(=O)C2(C)CC2)NC(=O)[C@@H]2N(C[C@@](C)(Oc3nccc4cc(OC)c(Cl)cc34)C2(F)F)C(=O)[C@H]1N(C(=O)O)C(C)C. The van der Waals surface area contributed by atoms with E-state index in [0.717, 1.165) is 11.8 Å². The number of fused-ring (bicyclic) bond motifs is 3. The van der Waals surface area contributed by atoms with Gasteiger partial charge in [-0.15, -0.1) is 0 Å². The van der Waals surface area contributed by atoms with Crippen molar-refractivity contribution in [2.24, 2.45) is 17.8 Å². The van der Waals surface area contributed by atoms with Crippen LogP contribution in [0.1, 0.15) is 86.5 Å². The molecule has 0 unspecified atom stereocenters. The number of benzene rings is 1. The molecule has 2 aromatic rings. The van der Waals surface area contributed by atoms with E-state index in [4.69, 9.17) is 21.1 Å². The van der Waals surface area contributed by atoms with Crippen LogP contribution in [0.3, 0.4) is 0 Å². The summed E-state index contributed by atoms with van der Waals surface area (Å²) in [6, 6.07) is -0.302. The lowest BCUT2D eigenvalue weighted by molar-refractivity contribution is -0.163. The first-order valence-corrected chi connectivity index (χ1v) is 21.5. The Morgan fingerprint density at radius 3 is 2.50 bits per heavy atom. The van der Waals surface area contributed by atoms with Gasteiger partial charge < -0.3 is 24.8 Å². The highest BCUT2D eigenvalue weighted by atomic mass is 35.5. The van der Waals surface area contributed by atoms with Gasteiger partial charge in [0, 0.05) is 23.5 Å². The molecule has 2 aliphatic carbocycles. The van der Waals surface area contributed by atoms with E-state index in [-0.39, 0.29) is 28.6 Å². The number of pyridine rings is 1. The van der Waals surface area contributed by atoms with Gasteiger partial charge in [0.25, 0.3) is 5.91 Å². The van der Waals surface area contributed by atoms with E-state index >= 15 is 13.6 Å². The Hall–Kier alpha value is -4.25. The second-order valence-electron chi connectivity index (χ2n) is 17.0.